The van der Waals surface area contributed by atoms with Crippen molar-refractivity contribution in [3.8, 4) is 0 Å². The highest BCUT2D eigenvalue weighted by Gasteiger charge is 2.33. The summed E-state index contributed by atoms with van der Waals surface area (Å²) >= 11 is 0. The summed E-state index contributed by atoms with van der Waals surface area (Å²) in [7, 11) is 0. The summed E-state index contributed by atoms with van der Waals surface area (Å²) in [4.78, 5) is 18.6. The quantitative estimate of drug-likeness (QED) is 0.784. The average Bonchev–Trinajstić information content (AvgIpc) is 3.07. The van der Waals surface area contributed by atoms with Crippen molar-refractivity contribution < 1.29 is 9.32 Å². The number of carbonyl (C=O) groups excluding carboxylic acids is 1. The summed E-state index contributed by atoms with van der Waals surface area (Å²) in [5, 5.41) is 3.97. The van der Waals surface area contributed by atoms with E-state index < -0.39 is 0 Å². The van der Waals surface area contributed by atoms with Crippen molar-refractivity contribution in [2.45, 2.75) is 45.1 Å². The van der Waals surface area contributed by atoms with Crippen LogP contribution in [0.5, 0.6) is 0 Å². The molecule has 2 heterocycles. The third-order valence-corrected chi connectivity index (χ3v) is 3.96. The molecule has 5 heteroatoms. The van der Waals surface area contributed by atoms with Crippen LogP contribution in [0.1, 0.15) is 49.9 Å². The Kier molecular flexibility index (Phi) is 3.36. The highest BCUT2D eigenvalue weighted by Crippen LogP contribution is 2.32. The Labute approximate surface area is 112 Å². The fourth-order valence-electron chi connectivity index (χ4n) is 2.99. The molecule has 2 atom stereocenters. The average molecular weight is 261 g/mol. The molecule has 0 spiro atoms. The first kappa shape index (κ1) is 12.4. The minimum Gasteiger partial charge on any atom is -0.340 e. The third kappa shape index (κ3) is 2.55. The summed E-state index contributed by atoms with van der Waals surface area (Å²) in [5.41, 5.74) is 0. The molecular weight excluding hydrogens is 242 g/mol. The van der Waals surface area contributed by atoms with Gasteiger partial charge in [0, 0.05) is 19.9 Å². The molecule has 3 rings (SSSR count). The summed E-state index contributed by atoms with van der Waals surface area (Å²) in [5.74, 6) is 1.86. The van der Waals surface area contributed by atoms with Crippen molar-refractivity contribution in [2.75, 3.05) is 6.54 Å². The van der Waals surface area contributed by atoms with Gasteiger partial charge in [-0.25, -0.2) is 0 Å². The molecule has 1 aromatic heterocycles. The number of allylic oxidation sites excluding steroid dienone is 2. The lowest BCUT2D eigenvalue weighted by Gasteiger charge is -2.23. The van der Waals surface area contributed by atoms with Gasteiger partial charge in [-0.15, -0.1) is 0 Å². The van der Waals surface area contributed by atoms with Gasteiger partial charge in [0.1, 0.15) is 0 Å². The molecule has 1 fully saturated rings. The summed E-state index contributed by atoms with van der Waals surface area (Å²) in [6, 6.07) is 0.00957. The predicted octanol–water partition coefficient (Wildman–Crippen LogP) is 2.40. The second-order valence-electron chi connectivity index (χ2n) is 5.39. The Balaban J connectivity index is 1.68. The number of nitrogens with zero attached hydrogens (tertiary/aromatic N) is 3. The molecule has 0 bridgehead atoms. The Morgan fingerprint density at radius 3 is 3.11 bits per heavy atom. The van der Waals surface area contributed by atoms with Gasteiger partial charge in [-0.3, -0.25) is 4.79 Å². The van der Waals surface area contributed by atoms with Crippen LogP contribution in [0, 0.1) is 12.8 Å². The largest absolute Gasteiger partial charge is 0.340 e. The van der Waals surface area contributed by atoms with Crippen molar-refractivity contribution >= 4 is 5.91 Å². The van der Waals surface area contributed by atoms with Crippen LogP contribution in [-0.4, -0.2) is 27.5 Å². The van der Waals surface area contributed by atoms with Crippen molar-refractivity contribution in [2.24, 2.45) is 5.92 Å². The van der Waals surface area contributed by atoms with E-state index in [-0.39, 0.29) is 11.9 Å². The molecule has 0 saturated carbocycles. The number of aromatic nitrogens is 2. The van der Waals surface area contributed by atoms with Crippen LogP contribution in [0.15, 0.2) is 16.7 Å². The molecule has 0 radical (unpaired) electrons. The predicted molar refractivity (Wildman–Crippen MR) is 69.2 cm³/mol. The number of carbonyl (C=O) groups is 1. The molecule has 2 aliphatic rings. The number of aryl methyl sites for hydroxylation is 1. The highest BCUT2D eigenvalue weighted by molar-refractivity contribution is 5.77. The SMILES string of the molecule is Cc1nc(C2CCCN2C(=O)CC2C=CCC2)no1. The van der Waals surface area contributed by atoms with Crippen LogP contribution in [0.25, 0.3) is 0 Å². The van der Waals surface area contributed by atoms with Crippen molar-refractivity contribution in [3.05, 3.63) is 23.9 Å². The van der Waals surface area contributed by atoms with Gasteiger partial charge in [-0.05, 0) is 31.6 Å². The molecule has 1 amide bonds. The van der Waals surface area contributed by atoms with E-state index in [1.807, 2.05) is 4.90 Å². The fourth-order valence-corrected chi connectivity index (χ4v) is 2.99. The van der Waals surface area contributed by atoms with Crippen LogP contribution in [0.3, 0.4) is 0 Å². The maximum absolute atomic E-state index is 12.4. The molecule has 2 unspecified atom stereocenters. The fraction of sp³-hybridized carbons (Fsp3) is 0.643. The maximum atomic E-state index is 12.4. The van der Waals surface area contributed by atoms with E-state index in [0.717, 1.165) is 32.2 Å². The molecule has 1 aliphatic carbocycles. The molecular formula is C14H19N3O2. The van der Waals surface area contributed by atoms with E-state index >= 15 is 0 Å². The van der Waals surface area contributed by atoms with Crippen molar-refractivity contribution in [3.63, 3.8) is 0 Å². The zero-order chi connectivity index (χ0) is 13.2. The van der Waals surface area contributed by atoms with E-state index in [0.29, 0.717) is 24.1 Å². The van der Waals surface area contributed by atoms with Crippen LogP contribution >= 0.6 is 0 Å². The van der Waals surface area contributed by atoms with E-state index in [2.05, 4.69) is 22.3 Å². The van der Waals surface area contributed by atoms with E-state index in [9.17, 15) is 4.79 Å². The molecule has 0 aromatic carbocycles. The summed E-state index contributed by atoms with van der Waals surface area (Å²) in [6.45, 7) is 2.59. The first-order valence-electron chi connectivity index (χ1n) is 7.00. The smallest absolute Gasteiger partial charge is 0.223 e. The highest BCUT2D eigenvalue weighted by atomic mass is 16.5. The number of rotatable bonds is 3. The topological polar surface area (TPSA) is 59.2 Å². The molecule has 5 nitrogen and oxygen atoms in total. The Hall–Kier alpha value is -1.65. The number of hydrogen-bond donors (Lipinski definition) is 0. The van der Waals surface area contributed by atoms with Gasteiger partial charge in [0.25, 0.3) is 0 Å². The lowest BCUT2D eigenvalue weighted by Crippen LogP contribution is -2.32. The lowest BCUT2D eigenvalue weighted by molar-refractivity contribution is -0.133. The van der Waals surface area contributed by atoms with Gasteiger partial charge in [0.05, 0.1) is 6.04 Å². The van der Waals surface area contributed by atoms with Gasteiger partial charge in [0.15, 0.2) is 5.82 Å². The Morgan fingerprint density at radius 1 is 1.53 bits per heavy atom. The zero-order valence-electron chi connectivity index (χ0n) is 11.2. The van der Waals surface area contributed by atoms with E-state index in [1.165, 1.54) is 0 Å². The summed E-state index contributed by atoms with van der Waals surface area (Å²) in [6.07, 6.45) is 9.11. The molecule has 1 aliphatic heterocycles. The maximum Gasteiger partial charge on any atom is 0.223 e. The second-order valence-corrected chi connectivity index (χ2v) is 5.39. The minimum absolute atomic E-state index is 0.00957. The third-order valence-electron chi connectivity index (χ3n) is 3.96. The van der Waals surface area contributed by atoms with E-state index in [4.69, 9.17) is 4.52 Å². The van der Waals surface area contributed by atoms with Gasteiger partial charge >= 0.3 is 0 Å². The van der Waals surface area contributed by atoms with Crippen molar-refractivity contribution in [1.29, 1.82) is 0 Å². The molecule has 102 valence electrons. The standard InChI is InChI=1S/C14H19N3O2/c1-10-15-14(16-19-10)12-7-4-8-17(12)13(18)9-11-5-2-3-6-11/h2,5,11-12H,3-4,6-9H2,1H3. The van der Waals surface area contributed by atoms with Gasteiger partial charge < -0.3 is 9.42 Å². The second kappa shape index (κ2) is 5.15. The molecule has 1 aromatic rings. The number of likely N-dealkylation sites (tertiary alicyclic amines) is 1. The first-order valence-corrected chi connectivity index (χ1v) is 7.00. The van der Waals surface area contributed by atoms with Gasteiger partial charge in [-0.1, -0.05) is 17.3 Å². The lowest BCUT2D eigenvalue weighted by atomic mass is 10.0. The van der Waals surface area contributed by atoms with E-state index in [1.54, 1.807) is 6.92 Å². The normalized spacial score (nSPS) is 26.3. The molecule has 0 N–H and O–H groups in total. The molecule has 19 heavy (non-hydrogen) atoms. The van der Waals surface area contributed by atoms with Crippen molar-refractivity contribution in [1.82, 2.24) is 15.0 Å². The first-order chi connectivity index (χ1) is 9.24. The van der Waals surface area contributed by atoms with Crippen LogP contribution in [0.4, 0.5) is 0 Å². The Morgan fingerprint density at radius 2 is 2.42 bits per heavy atom. The zero-order valence-corrected chi connectivity index (χ0v) is 11.2. The number of amides is 1. The molecule has 1 saturated heterocycles. The Bertz CT molecular complexity index is 495. The number of hydrogen-bond acceptors (Lipinski definition) is 4. The van der Waals surface area contributed by atoms with Crippen LogP contribution in [-0.2, 0) is 4.79 Å². The van der Waals surface area contributed by atoms with Crippen LogP contribution < -0.4 is 0 Å². The van der Waals surface area contributed by atoms with Crippen LogP contribution in [0.2, 0.25) is 0 Å². The van der Waals surface area contributed by atoms with Gasteiger partial charge in [-0.2, -0.15) is 4.98 Å². The minimum atomic E-state index is 0.00957. The summed E-state index contributed by atoms with van der Waals surface area (Å²) < 4.78 is 5.03. The monoisotopic (exact) mass is 261 g/mol. The van der Waals surface area contributed by atoms with Gasteiger partial charge in [0.2, 0.25) is 11.8 Å².